The molecule has 3 rings (SSSR count). The van der Waals surface area contributed by atoms with Crippen molar-refractivity contribution in [2.24, 2.45) is 7.05 Å². The molecule has 0 spiro atoms. The van der Waals surface area contributed by atoms with Crippen molar-refractivity contribution in [2.45, 2.75) is 32.9 Å². The maximum Gasteiger partial charge on any atom is 0.410 e. The summed E-state index contributed by atoms with van der Waals surface area (Å²) in [5.74, 6) is 0. The van der Waals surface area contributed by atoms with Crippen LogP contribution in [-0.4, -0.2) is 62.2 Å². The van der Waals surface area contributed by atoms with Gasteiger partial charge < -0.3 is 14.6 Å². The van der Waals surface area contributed by atoms with Crippen molar-refractivity contribution in [2.75, 3.05) is 26.2 Å². The zero-order chi connectivity index (χ0) is 18.2. The summed E-state index contributed by atoms with van der Waals surface area (Å²) in [5.41, 5.74) is 1.68. The second-order valence-corrected chi connectivity index (χ2v) is 7.41. The molecule has 1 N–H and O–H groups in total. The monoisotopic (exact) mass is 347 g/mol. The standard InChI is InChI=1S/C17H25N5O3/c1-17(2,3)25-16(24)22-9-7-21(8-10-22)11-12-5-6-13-14(18-12)20(4)15(23)19-13/h5-6H,7-11H2,1-4H3,(H,19,23). The van der Waals surface area contributed by atoms with Gasteiger partial charge in [0.1, 0.15) is 5.60 Å². The number of nitrogens with zero attached hydrogens (tertiary/aromatic N) is 4. The van der Waals surface area contributed by atoms with E-state index in [1.54, 1.807) is 11.9 Å². The van der Waals surface area contributed by atoms with E-state index in [2.05, 4.69) is 14.9 Å². The lowest BCUT2D eigenvalue weighted by Crippen LogP contribution is -2.49. The van der Waals surface area contributed by atoms with E-state index in [4.69, 9.17) is 4.74 Å². The number of ether oxygens (including phenoxy) is 1. The zero-order valence-corrected chi connectivity index (χ0v) is 15.2. The summed E-state index contributed by atoms with van der Waals surface area (Å²) in [4.78, 5) is 35.1. The number of fused-ring (bicyclic) bond motifs is 1. The average Bonchev–Trinajstić information content (AvgIpc) is 2.81. The van der Waals surface area contributed by atoms with E-state index in [0.717, 1.165) is 24.3 Å². The van der Waals surface area contributed by atoms with Gasteiger partial charge in [0.25, 0.3) is 0 Å². The molecule has 136 valence electrons. The number of carbonyl (C=O) groups excluding carboxylic acids is 1. The van der Waals surface area contributed by atoms with Crippen LogP contribution in [0.3, 0.4) is 0 Å². The Morgan fingerprint density at radius 1 is 1.24 bits per heavy atom. The molecule has 1 aliphatic heterocycles. The largest absolute Gasteiger partial charge is 0.444 e. The number of nitrogens with one attached hydrogen (secondary N) is 1. The predicted molar refractivity (Wildman–Crippen MR) is 94.4 cm³/mol. The molecular weight excluding hydrogens is 322 g/mol. The molecule has 8 nitrogen and oxygen atoms in total. The predicted octanol–water partition coefficient (Wildman–Crippen LogP) is 1.31. The van der Waals surface area contributed by atoms with Crippen LogP contribution in [-0.2, 0) is 18.3 Å². The highest BCUT2D eigenvalue weighted by atomic mass is 16.6. The molecule has 1 saturated heterocycles. The molecular formula is C17H25N5O3. The van der Waals surface area contributed by atoms with E-state index in [1.807, 2.05) is 32.9 Å². The lowest BCUT2D eigenvalue weighted by molar-refractivity contribution is 0.0138. The maximum atomic E-state index is 12.1. The van der Waals surface area contributed by atoms with Crippen LogP contribution in [0.2, 0.25) is 0 Å². The minimum Gasteiger partial charge on any atom is -0.444 e. The van der Waals surface area contributed by atoms with Gasteiger partial charge in [-0.3, -0.25) is 9.47 Å². The first-order valence-electron chi connectivity index (χ1n) is 8.48. The Labute approximate surface area is 146 Å². The number of hydrogen-bond acceptors (Lipinski definition) is 5. The molecule has 25 heavy (non-hydrogen) atoms. The normalized spacial score (nSPS) is 16.4. The van der Waals surface area contributed by atoms with Crippen LogP contribution in [0.5, 0.6) is 0 Å². The van der Waals surface area contributed by atoms with Crippen LogP contribution in [0.25, 0.3) is 11.2 Å². The van der Waals surface area contributed by atoms with E-state index in [0.29, 0.717) is 25.3 Å². The van der Waals surface area contributed by atoms with Gasteiger partial charge in [-0.2, -0.15) is 0 Å². The fraction of sp³-hybridized carbons (Fsp3) is 0.588. The van der Waals surface area contributed by atoms with Crippen LogP contribution < -0.4 is 5.69 Å². The Morgan fingerprint density at radius 2 is 1.92 bits per heavy atom. The highest BCUT2D eigenvalue weighted by molar-refractivity contribution is 5.70. The third kappa shape index (κ3) is 4.01. The molecule has 0 bridgehead atoms. The summed E-state index contributed by atoms with van der Waals surface area (Å²) >= 11 is 0. The van der Waals surface area contributed by atoms with Gasteiger partial charge in [0.2, 0.25) is 0 Å². The lowest BCUT2D eigenvalue weighted by Gasteiger charge is -2.35. The topological polar surface area (TPSA) is 83.5 Å². The van der Waals surface area contributed by atoms with Crippen LogP contribution in [0, 0.1) is 0 Å². The number of amides is 1. The average molecular weight is 347 g/mol. The van der Waals surface area contributed by atoms with Gasteiger partial charge in [-0.05, 0) is 32.9 Å². The molecule has 0 aliphatic carbocycles. The number of rotatable bonds is 2. The third-order valence-corrected chi connectivity index (χ3v) is 4.21. The number of hydrogen-bond donors (Lipinski definition) is 1. The SMILES string of the molecule is Cn1c(=O)[nH]c2ccc(CN3CCN(C(=O)OC(C)(C)C)CC3)nc21. The number of aromatic amines is 1. The van der Waals surface area contributed by atoms with Gasteiger partial charge in [0, 0.05) is 39.8 Å². The summed E-state index contributed by atoms with van der Waals surface area (Å²) in [6.07, 6.45) is -0.256. The van der Waals surface area contributed by atoms with E-state index in [9.17, 15) is 9.59 Å². The number of piperazine rings is 1. The molecule has 0 unspecified atom stereocenters. The summed E-state index contributed by atoms with van der Waals surface area (Å²) in [6.45, 7) is 9.12. The summed E-state index contributed by atoms with van der Waals surface area (Å²) < 4.78 is 6.93. The number of imidazole rings is 1. The quantitative estimate of drug-likeness (QED) is 0.886. The molecule has 0 atom stereocenters. The zero-order valence-electron chi connectivity index (χ0n) is 15.2. The molecule has 2 aromatic heterocycles. The van der Waals surface area contributed by atoms with E-state index >= 15 is 0 Å². The van der Waals surface area contributed by atoms with Crippen LogP contribution >= 0.6 is 0 Å². The second kappa shape index (κ2) is 6.51. The first kappa shape index (κ1) is 17.5. The van der Waals surface area contributed by atoms with Crippen molar-refractivity contribution in [1.29, 1.82) is 0 Å². The van der Waals surface area contributed by atoms with Gasteiger partial charge >= 0.3 is 11.8 Å². The Morgan fingerprint density at radius 3 is 2.56 bits per heavy atom. The summed E-state index contributed by atoms with van der Waals surface area (Å²) in [6, 6.07) is 3.81. The molecule has 0 saturated carbocycles. The van der Waals surface area contributed by atoms with E-state index in [1.165, 1.54) is 4.57 Å². The maximum absolute atomic E-state index is 12.1. The fourth-order valence-corrected chi connectivity index (χ4v) is 2.87. The van der Waals surface area contributed by atoms with Gasteiger partial charge in [0.15, 0.2) is 5.65 Å². The molecule has 1 fully saturated rings. The Hall–Kier alpha value is -2.35. The molecule has 1 aliphatic rings. The first-order chi connectivity index (χ1) is 11.7. The van der Waals surface area contributed by atoms with Crippen molar-refractivity contribution < 1.29 is 9.53 Å². The molecule has 1 amide bonds. The minimum atomic E-state index is -0.472. The van der Waals surface area contributed by atoms with E-state index in [-0.39, 0.29) is 11.8 Å². The van der Waals surface area contributed by atoms with Crippen molar-refractivity contribution in [3.8, 4) is 0 Å². The number of carbonyl (C=O) groups is 1. The number of aryl methyl sites for hydroxylation is 1. The number of H-pyrrole nitrogens is 1. The van der Waals surface area contributed by atoms with E-state index < -0.39 is 5.60 Å². The van der Waals surface area contributed by atoms with Gasteiger partial charge in [-0.15, -0.1) is 0 Å². The Balaban J connectivity index is 1.60. The molecule has 0 aromatic carbocycles. The van der Waals surface area contributed by atoms with Crippen molar-refractivity contribution in [3.63, 3.8) is 0 Å². The Kier molecular flexibility index (Phi) is 4.55. The highest BCUT2D eigenvalue weighted by Gasteiger charge is 2.26. The molecule has 0 radical (unpaired) electrons. The van der Waals surface area contributed by atoms with Crippen LogP contribution in [0.1, 0.15) is 26.5 Å². The number of pyridine rings is 1. The lowest BCUT2D eigenvalue weighted by atomic mass is 10.2. The highest BCUT2D eigenvalue weighted by Crippen LogP contribution is 2.14. The smallest absolute Gasteiger partial charge is 0.410 e. The third-order valence-electron chi connectivity index (χ3n) is 4.21. The van der Waals surface area contributed by atoms with Gasteiger partial charge in [0.05, 0.1) is 11.2 Å². The summed E-state index contributed by atoms with van der Waals surface area (Å²) in [7, 11) is 1.71. The van der Waals surface area contributed by atoms with Crippen molar-refractivity contribution in [3.05, 3.63) is 28.3 Å². The van der Waals surface area contributed by atoms with Crippen molar-refractivity contribution >= 4 is 17.3 Å². The Bertz CT molecular complexity index is 825. The minimum absolute atomic E-state index is 0.161. The second-order valence-electron chi connectivity index (χ2n) is 7.41. The summed E-state index contributed by atoms with van der Waals surface area (Å²) in [5, 5.41) is 0. The molecule has 2 aromatic rings. The fourth-order valence-electron chi connectivity index (χ4n) is 2.87. The van der Waals surface area contributed by atoms with Gasteiger partial charge in [-0.1, -0.05) is 0 Å². The van der Waals surface area contributed by atoms with Crippen LogP contribution in [0.4, 0.5) is 4.79 Å². The van der Waals surface area contributed by atoms with Crippen molar-refractivity contribution in [1.82, 2.24) is 24.3 Å². The molecule has 8 heteroatoms. The first-order valence-corrected chi connectivity index (χ1v) is 8.48. The van der Waals surface area contributed by atoms with Crippen LogP contribution in [0.15, 0.2) is 16.9 Å². The molecule has 3 heterocycles. The number of aromatic nitrogens is 3. The van der Waals surface area contributed by atoms with Gasteiger partial charge in [-0.25, -0.2) is 14.6 Å².